The van der Waals surface area contributed by atoms with Crippen molar-refractivity contribution >= 4 is 20.6 Å². The lowest BCUT2D eigenvalue weighted by atomic mass is 10.3. The highest BCUT2D eigenvalue weighted by Gasteiger charge is 2.18. The Bertz CT molecular complexity index is 351. The van der Waals surface area contributed by atoms with Gasteiger partial charge in [0.25, 0.3) is 8.64 Å². The van der Waals surface area contributed by atoms with Crippen LogP contribution in [0.4, 0.5) is 0 Å². The Hall–Kier alpha value is -1.53. The van der Waals surface area contributed by atoms with Crippen LogP contribution in [0.5, 0.6) is 0 Å². The standard InChI is InChI=1S/C9H10O5Si/c10-7(9(12)13)6-8(11)14-15-4-2-1-3-5-15/h1-5,7,10H,6H2,(H,12,13). The molecular weight excluding hydrogens is 216 g/mol. The van der Waals surface area contributed by atoms with Crippen molar-refractivity contribution in [2.45, 2.75) is 12.5 Å². The van der Waals surface area contributed by atoms with Crippen LogP contribution in [-0.2, 0) is 9.59 Å². The first-order valence-corrected chi connectivity index (χ1v) is 5.82. The van der Waals surface area contributed by atoms with Gasteiger partial charge in [-0.05, 0) is 11.4 Å². The number of hydrogen-bond acceptors (Lipinski definition) is 4. The Balaban J connectivity index is 2.47. The molecule has 0 aliphatic rings. The van der Waals surface area contributed by atoms with E-state index in [9.17, 15) is 9.59 Å². The van der Waals surface area contributed by atoms with Crippen molar-refractivity contribution in [3.63, 3.8) is 0 Å². The fourth-order valence-corrected chi connectivity index (χ4v) is 2.10. The Labute approximate surface area is 87.6 Å². The third-order valence-electron chi connectivity index (χ3n) is 1.62. The summed E-state index contributed by atoms with van der Waals surface area (Å²) in [7, 11) is -1.46. The van der Waals surface area contributed by atoms with Crippen molar-refractivity contribution in [2.75, 3.05) is 0 Å². The molecule has 1 heterocycles. The number of carboxylic acids is 1. The molecule has 0 aliphatic heterocycles. The highest BCUT2D eigenvalue weighted by atomic mass is 28.3. The van der Waals surface area contributed by atoms with Crippen molar-refractivity contribution in [3.05, 3.63) is 29.6 Å². The highest BCUT2D eigenvalue weighted by molar-refractivity contribution is 6.45. The molecule has 0 saturated carbocycles. The van der Waals surface area contributed by atoms with Gasteiger partial charge in [0.2, 0.25) is 0 Å². The van der Waals surface area contributed by atoms with E-state index >= 15 is 0 Å². The maximum absolute atomic E-state index is 11.1. The van der Waals surface area contributed by atoms with Crippen molar-refractivity contribution in [1.82, 2.24) is 0 Å². The van der Waals surface area contributed by atoms with E-state index in [-0.39, 0.29) is 0 Å². The van der Waals surface area contributed by atoms with Gasteiger partial charge in [-0.2, -0.15) is 0 Å². The minimum absolute atomic E-state index is 0.519. The zero-order valence-corrected chi connectivity index (χ0v) is 8.79. The summed E-state index contributed by atoms with van der Waals surface area (Å²) in [6.45, 7) is 0. The lowest BCUT2D eigenvalue weighted by molar-refractivity contribution is -0.151. The Morgan fingerprint density at radius 3 is 2.40 bits per heavy atom. The van der Waals surface area contributed by atoms with Crippen LogP contribution in [0, 0.1) is 0 Å². The summed E-state index contributed by atoms with van der Waals surface area (Å²) in [5, 5.41) is 17.2. The van der Waals surface area contributed by atoms with Crippen molar-refractivity contribution < 1.29 is 24.2 Å². The van der Waals surface area contributed by atoms with Gasteiger partial charge in [0, 0.05) is 0 Å². The van der Waals surface area contributed by atoms with Crippen molar-refractivity contribution in [2.24, 2.45) is 0 Å². The number of carboxylic acid groups (broad SMARTS) is 1. The predicted octanol–water partition coefficient (Wildman–Crippen LogP) is -0.497. The first kappa shape index (κ1) is 11.5. The van der Waals surface area contributed by atoms with Crippen LogP contribution in [-0.4, -0.2) is 36.9 Å². The summed E-state index contributed by atoms with van der Waals surface area (Å²) in [6.07, 6.45) is -2.21. The normalized spacial score (nSPS) is 11.8. The summed E-state index contributed by atoms with van der Waals surface area (Å²) in [5.74, 6) is -2.12. The van der Waals surface area contributed by atoms with Crippen molar-refractivity contribution in [3.8, 4) is 0 Å². The van der Waals surface area contributed by atoms with Gasteiger partial charge in [0.1, 0.15) is 0 Å². The van der Waals surface area contributed by atoms with Crippen molar-refractivity contribution in [1.29, 1.82) is 0 Å². The maximum Gasteiger partial charge on any atom is 0.333 e. The molecule has 0 aromatic carbocycles. The molecule has 1 rings (SSSR count). The molecular formula is C9H10O5Si. The van der Waals surface area contributed by atoms with E-state index < -0.39 is 33.1 Å². The van der Waals surface area contributed by atoms with Crippen LogP contribution < -0.4 is 4.43 Å². The molecule has 0 radical (unpaired) electrons. The van der Waals surface area contributed by atoms with E-state index in [0.29, 0.717) is 0 Å². The maximum atomic E-state index is 11.1. The minimum atomic E-state index is -1.69. The van der Waals surface area contributed by atoms with Gasteiger partial charge in [-0.25, -0.2) is 4.79 Å². The zero-order valence-electron chi connectivity index (χ0n) is 7.79. The van der Waals surface area contributed by atoms with Crippen LogP contribution in [0.25, 0.3) is 0 Å². The van der Waals surface area contributed by atoms with E-state index in [1.165, 1.54) is 0 Å². The van der Waals surface area contributed by atoms with Gasteiger partial charge in [0.05, 0.1) is 6.42 Å². The second-order valence-electron chi connectivity index (χ2n) is 2.85. The zero-order chi connectivity index (χ0) is 11.3. The number of carbonyl (C=O) groups excluding carboxylic acids is 1. The van der Waals surface area contributed by atoms with Crippen LogP contribution in [0.1, 0.15) is 6.42 Å². The topological polar surface area (TPSA) is 83.8 Å². The number of carbonyl (C=O) groups is 2. The van der Waals surface area contributed by atoms with Gasteiger partial charge < -0.3 is 14.6 Å². The molecule has 0 spiro atoms. The first-order valence-electron chi connectivity index (χ1n) is 4.26. The third kappa shape index (κ3) is 4.01. The molecule has 1 unspecified atom stereocenters. The molecule has 0 saturated heterocycles. The minimum Gasteiger partial charge on any atom is -0.488 e. The molecule has 0 bridgehead atoms. The summed E-state index contributed by atoms with van der Waals surface area (Å²) < 4.78 is 4.96. The smallest absolute Gasteiger partial charge is 0.333 e. The van der Waals surface area contributed by atoms with E-state index in [0.717, 1.165) is 0 Å². The Morgan fingerprint density at radius 1 is 1.27 bits per heavy atom. The first-order chi connectivity index (χ1) is 7.09. The number of rotatable bonds is 4. The molecule has 1 aromatic heterocycles. The second kappa shape index (κ2) is 5.37. The quantitative estimate of drug-likeness (QED) is 0.676. The lowest BCUT2D eigenvalue weighted by Crippen LogP contribution is -2.29. The molecule has 80 valence electrons. The molecule has 6 heteroatoms. The van der Waals surface area contributed by atoms with E-state index in [1.807, 2.05) is 0 Å². The summed E-state index contributed by atoms with van der Waals surface area (Å²) in [4.78, 5) is 21.4. The second-order valence-corrected chi connectivity index (χ2v) is 4.52. The number of aliphatic carboxylic acids is 1. The highest BCUT2D eigenvalue weighted by Crippen LogP contribution is 1.93. The monoisotopic (exact) mass is 226 g/mol. The molecule has 1 aromatic rings. The lowest BCUT2D eigenvalue weighted by Gasteiger charge is -2.05. The SMILES string of the molecule is O=C(CC(O)C(=O)O)O[si]1ccccc1. The Morgan fingerprint density at radius 2 is 1.87 bits per heavy atom. The fourth-order valence-electron chi connectivity index (χ4n) is 0.907. The Kier molecular flexibility index (Phi) is 4.13. The molecule has 0 aliphatic carbocycles. The number of aliphatic hydroxyl groups excluding tert-OH is 1. The average molecular weight is 226 g/mol. The van der Waals surface area contributed by atoms with Crippen LogP contribution in [0.3, 0.4) is 0 Å². The summed E-state index contributed by atoms with van der Waals surface area (Å²) >= 11 is 0. The number of hydrogen-bond donors (Lipinski definition) is 2. The van der Waals surface area contributed by atoms with Gasteiger partial charge in [0.15, 0.2) is 6.10 Å². The molecule has 2 N–H and O–H groups in total. The van der Waals surface area contributed by atoms with Gasteiger partial charge >= 0.3 is 11.9 Å². The number of aliphatic hydroxyl groups is 1. The summed E-state index contributed by atoms with van der Waals surface area (Å²) in [5.41, 5.74) is 3.49. The molecule has 15 heavy (non-hydrogen) atoms. The van der Waals surface area contributed by atoms with Gasteiger partial charge in [-0.15, -0.1) is 0 Å². The third-order valence-corrected chi connectivity index (χ3v) is 3.13. The molecule has 0 amide bonds. The van der Waals surface area contributed by atoms with Gasteiger partial charge in [-0.3, -0.25) is 4.79 Å². The van der Waals surface area contributed by atoms with Crippen LogP contribution >= 0.6 is 0 Å². The van der Waals surface area contributed by atoms with Crippen LogP contribution in [0.15, 0.2) is 29.6 Å². The molecule has 0 fully saturated rings. The summed E-state index contributed by atoms with van der Waals surface area (Å²) in [6, 6.07) is 5.32. The predicted molar refractivity (Wildman–Crippen MR) is 52.2 cm³/mol. The van der Waals surface area contributed by atoms with Crippen LogP contribution in [0.2, 0.25) is 0 Å². The fraction of sp³-hybridized carbons (Fsp3) is 0.222. The van der Waals surface area contributed by atoms with E-state index in [2.05, 4.69) is 0 Å². The van der Waals surface area contributed by atoms with Gasteiger partial charge in [-0.1, -0.05) is 18.2 Å². The molecule has 1 atom stereocenters. The van der Waals surface area contributed by atoms with E-state index in [4.69, 9.17) is 14.6 Å². The van der Waals surface area contributed by atoms with E-state index in [1.54, 1.807) is 29.6 Å². The molecule has 5 nitrogen and oxygen atoms in total. The largest absolute Gasteiger partial charge is 0.488 e. The average Bonchev–Trinajstić information content (AvgIpc) is 2.18.